The minimum atomic E-state index is -3.75. The number of esters is 1. The highest BCUT2D eigenvalue weighted by Crippen LogP contribution is 2.38. The minimum Gasteiger partial charge on any atom is -0.462 e. The molecular formula is C29H31N3O7S2. The second-order valence-electron chi connectivity index (χ2n) is 9.63. The Labute approximate surface area is 242 Å². The summed E-state index contributed by atoms with van der Waals surface area (Å²) in [5.74, 6) is -1.04. The van der Waals surface area contributed by atoms with E-state index in [2.05, 4.69) is 5.32 Å². The standard InChI is InChI=1S/C29H31N3O7S2/c1-3-38-28(34)25-23-14-15-31(29(35)39-4-2)18-24(23)40-27(25)30-26(33)20-9-11-22(12-10-20)41(36,37)32-16-13-19-7-5-6-8-21(19)17-32/h5-12H,3-4,13-18H2,1-2H3,(H,30,33). The molecule has 0 saturated heterocycles. The van der Waals surface area contributed by atoms with Gasteiger partial charge in [-0.05, 0) is 67.6 Å². The molecule has 0 aliphatic carbocycles. The zero-order valence-corrected chi connectivity index (χ0v) is 24.5. The van der Waals surface area contributed by atoms with Gasteiger partial charge in [0, 0.05) is 30.1 Å². The largest absolute Gasteiger partial charge is 0.462 e. The molecule has 2 aliphatic heterocycles. The predicted octanol–water partition coefficient (Wildman–Crippen LogP) is 4.44. The van der Waals surface area contributed by atoms with E-state index >= 15 is 0 Å². The number of anilines is 1. The van der Waals surface area contributed by atoms with Gasteiger partial charge in [0.15, 0.2) is 0 Å². The Kier molecular flexibility index (Phi) is 8.43. The molecule has 10 nitrogen and oxygen atoms in total. The van der Waals surface area contributed by atoms with Crippen LogP contribution in [0.4, 0.5) is 9.80 Å². The van der Waals surface area contributed by atoms with Gasteiger partial charge in [0.2, 0.25) is 10.0 Å². The topological polar surface area (TPSA) is 122 Å². The van der Waals surface area contributed by atoms with Crippen LogP contribution >= 0.6 is 11.3 Å². The first-order chi connectivity index (χ1) is 19.7. The molecule has 0 radical (unpaired) electrons. The molecule has 5 rings (SSSR count). The van der Waals surface area contributed by atoms with E-state index in [9.17, 15) is 22.8 Å². The number of hydrogen-bond acceptors (Lipinski definition) is 8. The first kappa shape index (κ1) is 28.8. The number of ether oxygens (including phenoxy) is 2. The number of sulfonamides is 1. The van der Waals surface area contributed by atoms with E-state index in [1.165, 1.54) is 39.9 Å². The van der Waals surface area contributed by atoms with Crippen molar-refractivity contribution in [2.45, 2.75) is 44.7 Å². The van der Waals surface area contributed by atoms with E-state index in [-0.39, 0.29) is 35.8 Å². The number of carbonyl (C=O) groups is 3. The lowest BCUT2D eigenvalue weighted by atomic mass is 10.0. The van der Waals surface area contributed by atoms with E-state index in [0.717, 1.165) is 21.6 Å². The average molecular weight is 598 g/mol. The van der Waals surface area contributed by atoms with Gasteiger partial charge in [-0.1, -0.05) is 24.3 Å². The Hall–Kier alpha value is -3.74. The molecule has 0 spiro atoms. The third-order valence-corrected chi connectivity index (χ3v) is 10.1. The number of amides is 2. The number of hydrogen-bond donors (Lipinski definition) is 1. The van der Waals surface area contributed by atoms with Gasteiger partial charge in [0.05, 0.1) is 30.2 Å². The lowest BCUT2D eigenvalue weighted by molar-refractivity contribution is 0.0526. The number of rotatable bonds is 7. The van der Waals surface area contributed by atoms with Gasteiger partial charge < -0.3 is 19.7 Å². The molecule has 0 bridgehead atoms. The van der Waals surface area contributed by atoms with E-state index in [0.29, 0.717) is 37.5 Å². The van der Waals surface area contributed by atoms with Crippen molar-refractivity contribution in [3.05, 3.63) is 81.2 Å². The maximum atomic E-state index is 13.3. The molecule has 216 valence electrons. The van der Waals surface area contributed by atoms with Crippen molar-refractivity contribution in [1.29, 1.82) is 0 Å². The SMILES string of the molecule is CCOC(=O)c1c(NC(=O)c2ccc(S(=O)(=O)N3CCc4ccccc4C3)cc2)sc2c1CCN(C(=O)OCC)C2. The van der Waals surface area contributed by atoms with Gasteiger partial charge >= 0.3 is 12.1 Å². The second-order valence-corrected chi connectivity index (χ2v) is 12.7. The predicted molar refractivity (Wildman–Crippen MR) is 154 cm³/mol. The molecular weight excluding hydrogens is 566 g/mol. The van der Waals surface area contributed by atoms with Crippen molar-refractivity contribution in [3.63, 3.8) is 0 Å². The zero-order valence-electron chi connectivity index (χ0n) is 22.8. The van der Waals surface area contributed by atoms with Gasteiger partial charge in [0.25, 0.3) is 5.91 Å². The Morgan fingerprint density at radius 2 is 1.61 bits per heavy atom. The van der Waals surface area contributed by atoms with Gasteiger partial charge in [-0.15, -0.1) is 11.3 Å². The number of carbonyl (C=O) groups excluding carboxylic acids is 3. The van der Waals surface area contributed by atoms with Crippen LogP contribution in [-0.4, -0.2) is 61.9 Å². The molecule has 2 amide bonds. The fourth-order valence-electron chi connectivity index (χ4n) is 5.06. The fraction of sp³-hybridized carbons (Fsp3) is 0.345. The van der Waals surface area contributed by atoms with Gasteiger partial charge in [-0.25, -0.2) is 18.0 Å². The van der Waals surface area contributed by atoms with Crippen LogP contribution in [0.2, 0.25) is 0 Å². The number of thiophene rings is 1. The maximum Gasteiger partial charge on any atom is 0.410 e. The summed E-state index contributed by atoms with van der Waals surface area (Å²) in [4.78, 5) is 40.8. The average Bonchev–Trinajstić information content (AvgIpc) is 3.34. The molecule has 0 fully saturated rings. The summed E-state index contributed by atoms with van der Waals surface area (Å²) in [5.41, 5.74) is 3.40. The molecule has 0 saturated carbocycles. The van der Waals surface area contributed by atoms with E-state index < -0.39 is 28.0 Å². The third-order valence-electron chi connectivity index (χ3n) is 7.14. The normalized spacial score (nSPS) is 15.0. The lowest BCUT2D eigenvalue weighted by Crippen LogP contribution is -2.36. The molecule has 3 heterocycles. The van der Waals surface area contributed by atoms with Crippen molar-refractivity contribution in [3.8, 4) is 0 Å². The summed E-state index contributed by atoms with van der Waals surface area (Å²) in [7, 11) is -3.75. The summed E-state index contributed by atoms with van der Waals surface area (Å²) in [6, 6.07) is 13.6. The first-order valence-electron chi connectivity index (χ1n) is 13.4. The molecule has 1 N–H and O–H groups in total. The highest BCUT2D eigenvalue weighted by Gasteiger charge is 2.32. The fourth-order valence-corrected chi connectivity index (χ4v) is 7.72. The van der Waals surface area contributed by atoms with E-state index in [1.54, 1.807) is 18.7 Å². The highest BCUT2D eigenvalue weighted by molar-refractivity contribution is 7.89. The number of nitrogens with zero attached hydrogens (tertiary/aromatic N) is 2. The van der Waals surface area contributed by atoms with Crippen LogP contribution in [0.25, 0.3) is 0 Å². The van der Waals surface area contributed by atoms with Crippen LogP contribution in [0.5, 0.6) is 0 Å². The molecule has 12 heteroatoms. The maximum absolute atomic E-state index is 13.3. The smallest absolute Gasteiger partial charge is 0.410 e. The Bertz CT molecular complexity index is 1580. The van der Waals surface area contributed by atoms with E-state index in [4.69, 9.17) is 9.47 Å². The van der Waals surface area contributed by atoms with Crippen LogP contribution in [0.3, 0.4) is 0 Å². The van der Waals surface area contributed by atoms with Crippen LogP contribution in [0, 0.1) is 0 Å². The molecule has 2 aromatic carbocycles. The van der Waals surface area contributed by atoms with Crippen molar-refractivity contribution in [2.75, 3.05) is 31.6 Å². The first-order valence-corrected chi connectivity index (χ1v) is 15.7. The summed E-state index contributed by atoms with van der Waals surface area (Å²) in [5, 5.41) is 3.14. The van der Waals surface area contributed by atoms with Crippen molar-refractivity contribution < 1.29 is 32.3 Å². The van der Waals surface area contributed by atoms with Crippen LogP contribution in [0.1, 0.15) is 56.1 Å². The monoisotopic (exact) mass is 597 g/mol. The summed E-state index contributed by atoms with van der Waals surface area (Å²) < 4.78 is 38.5. The minimum absolute atomic E-state index is 0.103. The second kappa shape index (κ2) is 12.0. The van der Waals surface area contributed by atoms with Crippen molar-refractivity contribution >= 4 is 44.3 Å². The molecule has 41 heavy (non-hydrogen) atoms. The molecule has 0 unspecified atom stereocenters. The Balaban J connectivity index is 1.34. The third kappa shape index (κ3) is 5.85. The van der Waals surface area contributed by atoms with Gasteiger partial charge in [0.1, 0.15) is 5.00 Å². The molecule has 2 aliphatic rings. The number of fused-ring (bicyclic) bond motifs is 2. The number of benzene rings is 2. The summed E-state index contributed by atoms with van der Waals surface area (Å²) in [6.07, 6.45) is 0.627. The quantitative estimate of drug-likeness (QED) is 0.400. The number of nitrogens with one attached hydrogen (secondary N) is 1. The Morgan fingerprint density at radius 1 is 0.902 bits per heavy atom. The van der Waals surface area contributed by atoms with Crippen molar-refractivity contribution in [2.24, 2.45) is 0 Å². The van der Waals surface area contributed by atoms with Gasteiger partial charge in [-0.2, -0.15) is 4.31 Å². The summed E-state index contributed by atoms with van der Waals surface area (Å²) >= 11 is 1.21. The highest BCUT2D eigenvalue weighted by atomic mass is 32.2. The van der Waals surface area contributed by atoms with E-state index in [1.807, 2.05) is 24.3 Å². The lowest BCUT2D eigenvalue weighted by Gasteiger charge is -2.28. The van der Waals surface area contributed by atoms with Gasteiger partial charge in [-0.3, -0.25) is 4.79 Å². The van der Waals surface area contributed by atoms with Crippen molar-refractivity contribution in [1.82, 2.24) is 9.21 Å². The molecule has 0 atom stereocenters. The molecule has 3 aromatic rings. The van der Waals surface area contributed by atoms with Crippen LogP contribution in [-0.2, 0) is 45.4 Å². The molecule has 1 aromatic heterocycles. The zero-order chi connectivity index (χ0) is 29.1. The van der Waals surface area contributed by atoms with Crippen LogP contribution < -0.4 is 5.32 Å². The Morgan fingerprint density at radius 3 is 2.32 bits per heavy atom. The van der Waals surface area contributed by atoms with Crippen LogP contribution in [0.15, 0.2) is 53.4 Å². The summed E-state index contributed by atoms with van der Waals surface area (Å²) in [6.45, 7) is 5.19.